The average molecular weight is 262 g/mol. The summed E-state index contributed by atoms with van der Waals surface area (Å²) in [6, 6.07) is 0. The van der Waals surface area contributed by atoms with Crippen LogP contribution in [0.15, 0.2) is 0 Å². The normalized spacial score (nSPS) is 14.0. The highest BCUT2D eigenvalue weighted by Gasteiger charge is 2.11. The first-order chi connectivity index (χ1) is 8.63. The predicted octanol–water partition coefficient (Wildman–Crippen LogP) is 2.77. The maximum atomic E-state index is 11.1. The van der Waals surface area contributed by atoms with E-state index in [1.54, 1.807) is 7.11 Å². The van der Waals surface area contributed by atoms with Crippen LogP contribution in [0, 0.1) is 0 Å². The van der Waals surface area contributed by atoms with Crippen molar-refractivity contribution >= 4 is 6.16 Å². The molecule has 0 fully saturated rings. The van der Waals surface area contributed by atoms with Crippen molar-refractivity contribution in [1.82, 2.24) is 0 Å². The lowest BCUT2D eigenvalue weighted by Crippen LogP contribution is -2.25. The van der Waals surface area contributed by atoms with Crippen LogP contribution in [0.1, 0.15) is 40.0 Å². The van der Waals surface area contributed by atoms with E-state index in [1.165, 1.54) is 0 Å². The highest BCUT2D eigenvalue weighted by atomic mass is 16.7. The Morgan fingerprint density at radius 3 is 2.44 bits per heavy atom. The average Bonchev–Trinajstić information content (AvgIpc) is 2.38. The van der Waals surface area contributed by atoms with E-state index in [1.807, 2.05) is 20.8 Å². The summed E-state index contributed by atoms with van der Waals surface area (Å²) < 4.78 is 20.5. The Labute approximate surface area is 110 Å². The zero-order valence-corrected chi connectivity index (χ0v) is 11.9. The molecule has 0 N–H and O–H groups in total. The second-order valence-electron chi connectivity index (χ2n) is 4.17. The molecular formula is C13H26O5. The summed E-state index contributed by atoms with van der Waals surface area (Å²) in [6.07, 6.45) is 2.04. The van der Waals surface area contributed by atoms with Gasteiger partial charge in [0.2, 0.25) is 0 Å². The van der Waals surface area contributed by atoms with Gasteiger partial charge in [-0.25, -0.2) is 4.79 Å². The fourth-order valence-electron chi connectivity index (χ4n) is 1.20. The van der Waals surface area contributed by atoms with Gasteiger partial charge in [0, 0.05) is 7.11 Å². The minimum atomic E-state index is -0.627. The minimum absolute atomic E-state index is 0.0870. The van der Waals surface area contributed by atoms with E-state index in [-0.39, 0.29) is 18.8 Å². The van der Waals surface area contributed by atoms with Gasteiger partial charge >= 0.3 is 6.16 Å². The second kappa shape index (κ2) is 11.3. The van der Waals surface area contributed by atoms with Crippen molar-refractivity contribution in [3.8, 4) is 0 Å². The maximum Gasteiger partial charge on any atom is 0.508 e. The fraction of sp³-hybridized carbons (Fsp3) is 0.923. The molecule has 0 aromatic heterocycles. The van der Waals surface area contributed by atoms with Crippen molar-refractivity contribution in [2.75, 3.05) is 26.9 Å². The second-order valence-corrected chi connectivity index (χ2v) is 4.17. The van der Waals surface area contributed by atoms with Crippen LogP contribution in [-0.2, 0) is 18.9 Å². The number of ether oxygens (including phenoxy) is 4. The van der Waals surface area contributed by atoms with E-state index in [0.29, 0.717) is 13.2 Å². The van der Waals surface area contributed by atoms with Gasteiger partial charge in [-0.3, -0.25) is 0 Å². The SMILES string of the molecule is CCCCOC(=O)OCC(C)OCC(CC)OC. The quantitative estimate of drug-likeness (QED) is 0.447. The summed E-state index contributed by atoms with van der Waals surface area (Å²) in [6.45, 7) is 7.02. The van der Waals surface area contributed by atoms with Crippen LogP contribution in [0.25, 0.3) is 0 Å². The Balaban J connectivity index is 3.56. The Morgan fingerprint density at radius 2 is 1.89 bits per heavy atom. The van der Waals surface area contributed by atoms with Gasteiger partial charge in [0.15, 0.2) is 0 Å². The monoisotopic (exact) mass is 262 g/mol. The molecule has 0 aliphatic carbocycles. The molecule has 0 saturated carbocycles. The Hall–Kier alpha value is -0.810. The molecule has 0 spiro atoms. The van der Waals surface area contributed by atoms with Gasteiger partial charge < -0.3 is 18.9 Å². The molecule has 0 radical (unpaired) electrons. The van der Waals surface area contributed by atoms with Crippen LogP contribution in [-0.4, -0.2) is 45.3 Å². The summed E-state index contributed by atoms with van der Waals surface area (Å²) in [5.74, 6) is 0. The van der Waals surface area contributed by atoms with E-state index in [4.69, 9.17) is 18.9 Å². The van der Waals surface area contributed by atoms with Crippen molar-refractivity contribution in [3.63, 3.8) is 0 Å². The maximum absolute atomic E-state index is 11.1. The van der Waals surface area contributed by atoms with E-state index in [9.17, 15) is 4.79 Å². The number of methoxy groups -OCH3 is 1. The van der Waals surface area contributed by atoms with Crippen molar-refractivity contribution in [3.05, 3.63) is 0 Å². The lowest BCUT2D eigenvalue weighted by molar-refractivity contribution is -0.0490. The van der Waals surface area contributed by atoms with E-state index in [0.717, 1.165) is 19.3 Å². The van der Waals surface area contributed by atoms with Gasteiger partial charge in [0.1, 0.15) is 6.61 Å². The zero-order chi connectivity index (χ0) is 13.8. The fourth-order valence-corrected chi connectivity index (χ4v) is 1.20. The van der Waals surface area contributed by atoms with E-state index >= 15 is 0 Å². The van der Waals surface area contributed by atoms with Gasteiger partial charge in [-0.1, -0.05) is 20.3 Å². The molecule has 0 amide bonds. The van der Waals surface area contributed by atoms with Gasteiger partial charge in [0.25, 0.3) is 0 Å². The number of hydrogen-bond acceptors (Lipinski definition) is 5. The third-order valence-corrected chi connectivity index (χ3v) is 2.51. The standard InChI is InChI=1S/C13H26O5/c1-5-7-8-16-13(14)18-9-11(3)17-10-12(6-2)15-4/h11-12H,5-10H2,1-4H3. The molecule has 2 unspecified atom stereocenters. The molecule has 0 heterocycles. The van der Waals surface area contributed by atoms with Gasteiger partial charge in [-0.05, 0) is 19.8 Å². The third kappa shape index (κ3) is 9.24. The van der Waals surface area contributed by atoms with Crippen LogP contribution >= 0.6 is 0 Å². The molecule has 0 aliphatic rings. The molecule has 0 aliphatic heterocycles. The number of carbonyl (C=O) groups excluding carboxylic acids is 1. The summed E-state index contributed by atoms with van der Waals surface area (Å²) in [5.41, 5.74) is 0. The summed E-state index contributed by atoms with van der Waals surface area (Å²) in [5, 5.41) is 0. The van der Waals surface area contributed by atoms with Gasteiger partial charge in [0.05, 0.1) is 25.4 Å². The predicted molar refractivity (Wildman–Crippen MR) is 68.7 cm³/mol. The number of hydrogen-bond donors (Lipinski definition) is 0. The summed E-state index contributed by atoms with van der Waals surface area (Å²) in [4.78, 5) is 11.1. The summed E-state index contributed by atoms with van der Waals surface area (Å²) >= 11 is 0. The Morgan fingerprint density at radius 1 is 1.17 bits per heavy atom. The zero-order valence-electron chi connectivity index (χ0n) is 11.9. The topological polar surface area (TPSA) is 54.0 Å². The molecular weight excluding hydrogens is 236 g/mol. The molecule has 0 aromatic rings. The lowest BCUT2D eigenvalue weighted by atomic mass is 10.3. The molecule has 0 bridgehead atoms. The molecule has 0 aromatic carbocycles. The Bertz CT molecular complexity index is 204. The smallest absolute Gasteiger partial charge is 0.434 e. The van der Waals surface area contributed by atoms with Crippen LogP contribution in [0.5, 0.6) is 0 Å². The summed E-state index contributed by atoms with van der Waals surface area (Å²) in [7, 11) is 1.66. The Kier molecular flexibility index (Phi) is 10.8. The largest absolute Gasteiger partial charge is 0.508 e. The lowest BCUT2D eigenvalue weighted by Gasteiger charge is -2.17. The first-order valence-electron chi connectivity index (χ1n) is 6.57. The first-order valence-corrected chi connectivity index (χ1v) is 6.57. The highest BCUT2D eigenvalue weighted by molar-refractivity contribution is 5.59. The third-order valence-electron chi connectivity index (χ3n) is 2.51. The highest BCUT2D eigenvalue weighted by Crippen LogP contribution is 2.01. The number of carbonyl (C=O) groups is 1. The first kappa shape index (κ1) is 17.2. The van der Waals surface area contributed by atoms with E-state index in [2.05, 4.69) is 0 Å². The molecule has 0 saturated heterocycles. The van der Waals surface area contributed by atoms with Gasteiger partial charge in [-0.2, -0.15) is 0 Å². The molecule has 5 heteroatoms. The van der Waals surface area contributed by atoms with Crippen molar-refractivity contribution in [2.45, 2.75) is 52.2 Å². The van der Waals surface area contributed by atoms with Crippen molar-refractivity contribution in [2.24, 2.45) is 0 Å². The number of rotatable bonds is 10. The van der Waals surface area contributed by atoms with Crippen LogP contribution in [0.4, 0.5) is 4.79 Å². The van der Waals surface area contributed by atoms with Crippen molar-refractivity contribution in [1.29, 1.82) is 0 Å². The molecule has 18 heavy (non-hydrogen) atoms. The van der Waals surface area contributed by atoms with Crippen LogP contribution in [0.2, 0.25) is 0 Å². The molecule has 2 atom stereocenters. The molecule has 5 nitrogen and oxygen atoms in total. The van der Waals surface area contributed by atoms with Gasteiger partial charge in [-0.15, -0.1) is 0 Å². The number of unbranched alkanes of at least 4 members (excludes halogenated alkanes) is 1. The van der Waals surface area contributed by atoms with Crippen LogP contribution in [0.3, 0.4) is 0 Å². The minimum Gasteiger partial charge on any atom is -0.434 e. The molecule has 0 rings (SSSR count). The van der Waals surface area contributed by atoms with E-state index < -0.39 is 6.16 Å². The van der Waals surface area contributed by atoms with Crippen molar-refractivity contribution < 1.29 is 23.7 Å². The molecule has 108 valence electrons. The van der Waals surface area contributed by atoms with Crippen LogP contribution < -0.4 is 0 Å².